The molecule has 1 atom stereocenters. The molecule has 1 aliphatic rings. The predicted octanol–water partition coefficient (Wildman–Crippen LogP) is 4.28. The van der Waals surface area contributed by atoms with Crippen LogP contribution in [0.2, 0.25) is 0 Å². The Morgan fingerprint density at radius 1 is 1.50 bits per heavy atom. The zero-order valence-corrected chi connectivity index (χ0v) is 11.3. The number of imidazole rings is 1. The van der Waals surface area contributed by atoms with E-state index in [2.05, 4.69) is 16.5 Å². The summed E-state index contributed by atoms with van der Waals surface area (Å²) in [5.74, 6) is 0.615. The molecular formula is C14H16ClFN2. The second kappa shape index (κ2) is 3.95. The Hall–Kier alpha value is -1.09. The minimum Gasteiger partial charge on any atom is -0.326 e. The van der Waals surface area contributed by atoms with Crippen molar-refractivity contribution in [2.45, 2.75) is 38.6 Å². The molecule has 0 saturated heterocycles. The van der Waals surface area contributed by atoms with E-state index in [4.69, 9.17) is 11.6 Å². The van der Waals surface area contributed by atoms with E-state index in [-0.39, 0.29) is 11.2 Å². The SMILES string of the molecule is CC(Cl)c1nc2ccc(F)cc2n1CC1(C)CC1. The van der Waals surface area contributed by atoms with Crippen molar-refractivity contribution in [2.24, 2.45) is 5.41 Å². The van der Waals surface area contributed by atoms with E-state index >= 15 is 0 Å². The summed E-state index contributed by atoms with van der Waals surface area (Å²) >= 11 is 6.19. The van der Waals surface area contributed by atoms with Crippen molar-refractivity contribution < 1.29 is 4.39 Å². The van der Waals surface area contributed by atoms with Gasteiger partial charge in [-0.15, -0.1) is 11.6 Å². The van der Waals surface area contributed by atoms with Gasteiger partial charge in [0.1, 0.15) is 11.6 Å². The van der Waals surface area contributed by atoms with Gasteiger partial charge in [-0.05, 0) is 43.4 Å². The number of hydrogen-bond acceptors (Lipinski definition) is 1. The highest BCUT2D eigenvalue weighted by Gasteiger charge is 2.38. The quantitative estimate of drug-likeness (QED) is 0.759. The maximum absolute atomic E-state index is 13.4. The first-order valence-electron chi connectivity index (χ1n) is 6.28. The van der Waals surface area contributed by atoms with Crippen LogP contribution in [0.15, 0.2) is 18.2 Å². The van der Waals surface area contributed by atoms with Crippen LogP contribution in [0.25, 0.3) is 11.0 Å². The summed E-state index contributed by atoms with van der Waals surface area (Å²) in [6.45, 7) is 5.03. The van der Waals surface area contributed by atoms with Crippen LogP contribution in [0.5, 0.6) is 0 Å². The highest BCUT2D eigenvalue weighted by molar-refractivity contribution is 6.20. The van der Waals surface area contributed by atoms with Crippen molar-refractivity contribution in [3.8, 4) is 0 Å². The zero-order valence-electron chi connectivity index (χ0n) is 10.6. The minimum atomic E-state index is -0.224. The molecule has 1 aromatic carbocycles. The van der Waals surface area contributed by atoms with Gasteiger partial charge in [-0.25, -0.2) is 9.37 Å². The number of benzene rings is 1. The first-order chi connectivity index (χ1) is 8.48. The lowest BCUT2D eigenvalue weighted by atomic mass is 10.1. The van der Waals surface area contributed by atoms with Crippen molar-refractivity contribution in [2.75, 3.05) is 0 Å². The van der Waals surface area contributed by atoms with Crippen molar-refractivity contribution in [1.82, 2.24) is 9.55 Å². The fourth-order valence-corrected chi connectivity index (χ4v) is 2.50. The van der Waals surface area contributed by atoms with Crippen molar-refractivity contribution in [1.29, 1.82) is 0 Å². The fraction of sp³-hybridized carbons (Fsp3) is 0.500. The normalized spacial score (nSPS) is 19.1. The van der Waals surface area contributed by atoms with E-state index < -0.39 is 0 Å². The molecule has 0 aliphatic heterocycles. The third-order valence-electron chi connectivity index (χ3n) is 3.74. The van der Waals surface area contributed by atoms with Gasteiger partial charge in [0.2, 0.25) is 0 Å². The molecule has 1 aliphatic carbocycles. The fourth-order valence-electron chi connectivity index (χ4n) is 2.34. The molecule has 0 bridgehead atoms. The highest BCUT2D eigenvalue weighted by atomic mass is 35.5. The maximum atomic E-state index is 13.4. The molecule has 3 rings (SSSR count). The Labute approximate surface area is 111 Å². The van der Waals surface area contributed by atoms with Crippen LogP contribution in [0.4, 0.5) is 4.39 Å². The standard InChI is InChI=1S/C14H16ClFN2/c1-9(15)13-17-11-4-3-10(16)7-12(11)18(13)8-14(2)5-6-14/h3-4,7,9H,5-6,8H2,1-2H3. The summed E-state index contributed by atoms with van der Waals surface area (Å²) in [4.78, 5) is 4.53. The van der Waals surface area contributed by atoms with Crippen molar-refractivity contribution >= 4 is 22.6 Å². The second-order valence-corrected chi connectivity index (χ2v) is 6.27. The average molecular weight is 267 g/mol. The highest BCUT2D eigenvalue weighted by Crippen LogP contribution is 2.47. The van der Waals surface area contributed by atoms with E-state index in [9.17, 15) is 4.39 Å². The summed E-state index contributed by atoms with van der Waals surface area (Å²) in [7, 11) is 0. The Morgan fingerprint density at radius 3 is 2.83 bits per heavy atom. The van der Waals surface area contributed by atoms with E-state index in [0.717, 1.165) is 23.4 Å². The average Bonchev–Trinajstić information content (AvgIpc) is 2.92. The molecule has 1 fully saturated rings. The van der Waals surface area contributed by atoms with Gasteiger partial charge in [-0.2, -0.15) is 0 Å². The smallest absolute Gasteiger partial charge is 0.127 e. The molecule has 18 heavy (non-hydrogen) atoms. The van der Waals surface area contributed by atoms with Crippen LogP contribution in [0, 0.1) is 11.2 Å². The summed E-state index contributed by atoms with van der Waals surface area (Å²) < 4.78 is 15.5. The molecule has 0 spiro atoms. The van der Waals surface area contributed by atoms with E-state index in [1.165, 1.54) is 18.9 Å². The van der Waals surface area contributed by atoms with Gasteiger partial charge in [0.15, 0.2) is 0 Å². The lowest BCUT2D eigenvalue weighted by Gasteiger charge is -2.14. The number of alkyl halides is 1. The molecule has 1 unspecified atom stereocenters. The number of aromatic nitrogens is 2. The van der Waals surface area contributed by atoms with Crippen LogP contribution in [-0.2, 0) is 6.54 Å². The topological polar surface area (TPSA) is 17.8 Å². The van der Waals surface area contributed by atoms with Crippen LogP contribution in [0.1, 0.15) is 37.9 Å². The van der Waals surface area contributed by atoms with Gasteiger partial charge in [0.05, 0.1) is 16.4 Å². The number of nitrogens with zero attached hydrogens (tertiary/aromatic N) is 2. The number of halogens is 2. The van der Waals surface area contributed by atoms with Gasteiger partial charge in [-0.1, -0.05) is 6.92 Å². The van der Waals surface area contributed by atoms with Gasteiger partial charge in [-0.3, -0.25) is 0 Å². The lowest BCUT2D eigenvalue weighted by molar-refractivity contribution is 0.460. The predicted molar refractivity (Wildman–Crippen MR) is 71.3 cm³/mol. The lowest BCUT2D eigenvalue weighted by Crippen LogP contribution is -2.11. The third kappa shape index (κ3) is 2.01. The van der Waals surface area contributed by atoms with Gasteiger partial charge in [0, 0.05) is 6.54 Å². The molecule has 4 heteroatoms. The van der Waals surface area contributed by atoms with Crippen molar-refractivity contribution in [3.05, 3.63) is 29.8 Å². The van der Waals surface area contributed by atoms with Crippen LogP contribution < -0.4 is 0 Å². The number of rotatable bonds is 3. The molecule has 2 nitrogen and oxygen atoms in total. The summed E-state index contributed by atoms with van der Waals surface area (Å²) in [5, 5.41) is -0.164. The van der Waals surface area contributed by atoms with Gasteiger partial charge >= 0.3 is 0 Å². The molecule has 0 N–H and O–H groups in total. The molecule has 0 radical (unpaired) electrons. The monoisotopic (exact) mass is 266 g/mol. The Balaban J connectivity index is 2.16. The number of hydrogen-bond donors (Lipinski definition) is 0. The Kier molecular flexibility index (Phi) is 2.63. The first kappa shape index (κ1) is 12.0. The second-order valence-electron chi connectivity index (χ2n) is 5.62. The van der Waals surface area contributed by atoms with E-state index in [1.54, 1.807) is 12.1 Å². The minimum absolute atomic E-state index is 0.164. The first-order valence-corrected chi connectivity index (χ1v) is 6.72. The Bertz CT molecular complexity index is 599. The van der Waals surface area contributed by atoms with Crippen LogP contribution in [-0.4, -0.2) is 9.55 Å². The molecule has 1 saturated carbocycles. The summed E-state index contributed by atoms with van der Waals surface area (Å²) in [5.41, 5.74) is 2.01. The number of fused-ring (bicyclic) bond motifs is 1. The van der Waals surface area contributed by atoms with Gasteiger partial charge in [0.25, 0.3) is 0 Å². The van der Waals surface area contributed by atoms with Crippen molar-refractivity contribution in [3.63, 3.8) is 0 Å². The van der Waals surface area contributed by atoms with Gasteiger partial charge < -0.3 is 4.57 Å². The third-order valence-corrected chi connectivity index (χ3v) is 3.93. The maximum Gasteiger partial charge on any atom is 0.127 e. The van der Waals surface area contributed by atoms with E-state index in [1.807, 2.05) is 6.92 Å². The zero-order chi connectivity index (χ0) is 12.9. The molecule has 2 aromatic rings. The molecule has 1 heterocycles. The molecule has 96 valence electrons. The summed E-state index contributed by atoms with van der Waals surface area (Å²) in [6.07, 6.45) is 2.44. The Morgan fingerprint density at radius 2 is 2.22 bits per heavy atom. The van der Waals surface area contributed by atoms with Crippen LogP contribution in [0.3, 0.4) is 0 Å². The van der Waals surface area contributed by atoms with E-state index in [0.29, 0.717) is 5.41 Å². The van der Waals surface area contributed by atoms with Crippen LogP contribution >= 0.6 is 11.6 Å². The molecular weight excluding hydrogens is 251 g/mol. The molecule has 0 amide bonds. The largest absolute Gasteiger partial charge is 0.326 e. The summed E-state index contributed by atoms with van der Waals surface area (Å²) in [6, 6.07) is 4.72. The molecule has 1 aromatic heterocycles.